The van der Waals surface area contributed by atoms with Gasteiger partial charge in [0, 0.05) is 18.3 Å². The Hall–Kier alpha value is -3.26. The molecule has 6 nitrogen and oxygen atoms in total. The van der Waals surface area contributed by atoms with E-state index in [1.807, 2.05) is 30.3 Å². The third kappa shape index (κ3) is 4.39. The first-order valence-electron chi connectivity index (χ1n) is 7.49. The second-order valence-electron chi connectivity index (χ2n) is 5.20. The summed E-state index contributed by atoms with van der Waals surface area (Å²) in [5.41, 5.74) is 3.87. The van der Waals surface area contributed by atoms with Gasteiger partial charge in [0.15, 0.2) is 11.6 Å². The molecule has 0 radical (unpaired) electrons. The van der Waals surface area contributed by atoms with Gasteiger partial charge in [-0.05, 0) is 29.8 Å². The second-order valence-corrected chi connectivity index (χ2v) is 5.20. The summed E-state index contributed by atoms with van der Waals surface area (Å²) in [6, 6.07) is 14.7. The molecule has 0 saturated heterocycles. The van der Waals surface area contributed by atoms with Crippen LogP contribution < -0.4 is 21.9 Å². The molecule has 3 aromatic rings. The quantitative estimate of drug-likeness (QED) is 0.406. The maximum atomic E-state index is 13.3. The average Bonchev–Trinajstić information content (AvgIpc) is 2.63. The molecule has 0 bridgehead atoms. The molecular weight excluding hydrogens is 326 g/mol. The van der Waals surface area contributed by atoms with Crippen molar-refractivity contribution in [2.45, 2.75) is 6.54 Å². The van der Waals surface area contributed by atoms with Gasteiger partial charge in [0.1, 0.15) is 11.6 Å². The van der Waals surface area contributed by atoms with Crippen molar-refractivity contribution < 1.29 is 8.78 Å². The molecule has 5 N–H and O–H groups in total. The number of hydrogen-bond acceptors (Lipinski definition) is 6. The van der Waals surface area contributed by atoms with E-state index in [1.165, 1.54) is 6.07 Å². The smallest absolute Gasteiger partial charge is 0.231 e. The van der Waals surface area contributed by atoms with Crippen molar-refractivity contribution in [1.29, 1.82) is 0 Å². The molecule has 0 saturated carbocycles. The lowest BCUT2D eigenvalue weighted by Gasteiger charge is -2.11. The molecule has 1 heterocycles. The summed E-state index contributed by atoms with van der Waals surface area (Å²) in [5.74, 6) is 4.89. The van der Waals surface area contributed by atoms with E-state index in [4.69, 9.17) is 5.84 Å². The summed E-state index contributed by atoms with van der Waals surface area (Å²) < 4.78 is 26.2. The van der Waals surface area contributed by atoms with Gasteiger partial charge in [-0.25, -0.2) is 14.6 Å². The van der Waals surface area contributed by atoms with E-state index >= 15 is 0 Å². The van der Waals surface area contributed by atoms with Crippen LogP contribution in [0.25, 0.3) is 0 Å². The minimum Gasteiger partial charge on any atom is -0.366 e. The number of nitrogens with two attached hydrogens (primary N) is 1. The van der Waals surface area contributed by atoms with Crippen LogP contribution in [-0.4, -0.2) is 9.97 Å². The van der Waals surface area contributed by atoms with Gasteiger partial charge in [-0.15, -0.1) is 0 Å². The number of para-hydroxylation sites is 1. The van der Waals surface area contributed by atoms with Crippen LogP contribution in [0.5, 0.6) is 0 Å². The Morgan fingerprint density at radius 2 is 1.64 bits per heavy atom. The first-order valence-corrected chi connectivity index (χ1v) is 7.49. The number of nitrogens with zero attached hydrogens (tertiary/aromatic N) is 2. The van der Waals surface area contributed by atoms with Crippen LogP contribution in [0.4, 0.5) is 32.1 Å². The van der Waals surface area contributed by atoms with E-state index in [0.717, 1.165) is 17.8 Å². The fourth-order valence-electron chi connectivity index (χ4n) is 2.16. The largest absolute Gasteiger partial charge is 0.366 e. The molecule has 0 spiro atoms. The Bertz CT molecular complexity index is 857. The predicted octanol–water partition coefficient (Wildman–Crippen LogP) is 3.40. The maximum absolute atomic E-state index is 13.3. The number of halogens is 2. The van der Waals surface area contributed by atoms with Gasteiger partial charge < -0.3 is 16.1 Å². The Kier molecular flexibility index (Phi) is 5.00. The molecule has 128 valence electrons. The first kappa shape index (κ1) is 16.6. The lowest BCUT2D eigenvalue weighted by molar-refractivity contribution is 0.507. The second kappa shape index (κ2) is 7.54. The first-order chi connectivity index (χ1) is 12.1. The molecule has 0 aliphatic rings. The van der Waals surface area contributed by atoms with Gasteiger partial charge in [0.2, 0.25) is 5.95 Å². The van der Waals surface area contributed by atoms with E-state index in [1.54, 1.807) is 6.07 Å². The van der Waals surface area contributed by atoms with Crippen molar-refractivity contribution in [3.8, 4) is 0 Å². The molecule has 8 heteroatoms. The molecule has 3 rings (SSSR count). The van der Waals surface area contributed by atoms with Gasteiger partial charge in [0.25, 0.3) is 0 Å². The van der Waals surface area contributed by atoms with E-state index in [-0.39, 0.29) is 6.54 Å². The highest BCUT2D eigenvalue weighted by Gasteiger charge is 2.06. The maximum Gasteiger partial charge on any atom is 0.231 e. The van der Waals surface area contributed by atoms with Crippen molar-refractivity contribution in [2.24, 2.45) is 5.84 Å². The number of benzene rings is 2. The predicted molar refractivity (Wildman–Crippen MR) is 93.3 cm³/mol. The van der Waals surface area contributed by atoms with Crippen LogP contribution in [0.15, 0.2) is 54.6 Å². The topological polar surface area (TPSA) is 87.9 Å². The van der Waals surface area contributed by atoms with Crippen molar-refractivity contribution >= 4 is 23.3 Å². The van der Waals surface area contributed by atoms with Gasteiger partial charge in [-0.3, -0.25) is 0 Å². The molecule has 25 heavy (non-hydrogen) atoms. The van der Waals surface area contributed by atoms with E-state index in [9.17, 15) is 8.78 Å². The third-order valence-electron chi connectivity index (χ3n) is 3.36. The van der Waals surface area contributed by atoms with Crippen LogP contribution in [0.2, 0.25) is 0 Å². The lowest BCUT2D eigenvalue weighted by Crippen LogP contribution is -2.12. The fourth-order valence-corrected chi connectivity index (χ4v) is 2.16. The standard InChI is InChI=1S/C17H16F2N6/c18-13-7-6-11(8-14(13)19)10-21-15-9-16(25-20)24-17(23-15)22-12-4-2-1-3-5-12/h1-9H,10,20H2,(H3,21,22,23,24,25). The molecule has 0 unspecified atom stereocenters. The minimum absolute atomic E-state index is 0.267. The third-order valence-corrected chi connectivity index (χ3v) is 3.36. The molecule has 1 aromatic heterocycles. The van der Waals surface area contributed by atoms with Crippen LogP contribution in [0.1, 0.15) is 5.56 Å². The van der Waals surface area contributed by atoms with Crippen LogP contribution in [0.3, 0.4) is 0 Å². The van der Waals surface area contributed by atoms with Crippen molar-refractivity contribution in [2.75, 3.05) is 16.1 Å². The molecule has 0 aliphatic carbocycles. The van der Waals surface area contributed by atoms with E-state index in [0.29, 0.717) is 23.1 Å². The summed E-state index contributed by atoms with van der Waals surface area (Å²) >= 11 is 0. The fraction of sp³-hybridized carbons (Fsp3) is 0.0588. The number of rotatable bonds is 6. The van der Waals surface area contributed by atoms with Crippen molar-refractivity contribution in [3.63, 3.8) is 0 Å². The minimum atomic E-state index is -0.891. The van der Waals surface area contributed by atoms with Gasteiger partial charge >= 0.3 is 0 Å². The molecule has 2 aromatic carbocycles. The van der Waals surface area contributed by atoms with Crippen LogP contribution in [0, 0.1) is 11.6 Å². The Labute approximate surface area is 143 Å². The number of hydrazine groups is 1. The molecular formula is C17H16F2N6. The number of nitrogen functional groups attached to an aromatic ring is 1. The van der Waals surface area contributed by atoms with Crippen molar-refractivity contribution in [1.82, 2.24) is 9.97 Å². The Balaban J connectivity index is 1.76. The Morgan fingerprint density at radius 1 is 0.880 bits per heavy atom. The molecule has 0 fully saturated rings. The SMILES string of the molecule is NNc1cc(NCc2ccc(F)c(F)c2)nc(Nc2ccccc2)n1. The highest BCUT2D eigenvalue weighted by atomic mass is 19.2. The highest BCUT2D eigenvalue weighted by molar-refractivity contribution is 5.58. The molecule has 0 amide bonds. The summed E-state index contributed by atoms with van der Waals surface area (Å²) in [6.45, 7) is 0.267. The summed E-state index contributed by atoms with van der Waals surface area (Å²) in [5, 5.41) is 6.10. The van der Waals surface area contributed by atoms with Gasteiger partial charge in [-0.1, -0.05) is 24.3 Å². The summed E-state index contributed by atoms with van der Waals surface area (Å²) in [6.07, 6.45) is 0. The van der Waals surface area contributed by atoms with Crippen LogP contribution >= 0.6 is 0 Å². The average molecular weight is 342 g/mol. The molecule has 0 aliphatic heterocycles. The molecule has 0 atom stereocenters. The van der Waals surface area contributed by atoms with E-state index in [2.05, 4.69) is 26.0 Å². The normalized spacial score (nSPS) is 10.4. The lowest BCUT2D eigenvalue weighted by atomic mass is 10.2. The number of hydrogen-bond donors (Lipinski definition) is 4. The zero-order valence-corrected chi connectivity index (χ0v) is 13.1. The highest BCUT2D eigenvalue weighted by Crippen LogP contribution is 2.18. The van der Waals surface area contributed by atoms with Gasteiger partial charge in [0.05, 0.1) is 0 Å². The van der Waals surface area contributed by atoms with E-state index < -0.39 is 11.6 Å². The summed E-state index contributed by atoms with van der Waals surface area (Å²) in [4.78, 5) is 8.55. The number of anilines is 4. The zero-order valence-electron chi connectivity index (χ0n) is 13.1. The Morgan fingerprint density at radius 3 is 2.36 bits per heavy atom. The van der Waals surface area contributed by atoms with Gasteiger partial charge in [-0.2, -0.15) is 9.97 Å². The number of aromatic nitrogens is 2. The zero-order chi connectivity index (χ0) is 17.6. The summed E-state index contributed by atoms with van der Waals surface area (Å²) in [7, 11) is 0. The monoisotopic (exact) mass is 342 g/mol. The van der Waals surface area contributed by atoms with Crippen LogP contribution in [-0.2, 0) is 6.54 Å². The van der Waals surface area contributed by atoms with Crippen molar-refractivity contribution in [3.05, 3.63) is 71.8 Å². The number of nitrogens with one attached hydrogen (secondary N) is 3.